The molecule has 11 rings (SSSR count). The van der Waals surface area contributed by atoms with E-state index in [1.54, 1.807) is 0 Å². The molecule has 0 saturated heterocycles. The van der Waals surface area contributed by atoms with E-state index in [4.69, 9.17) is 0 Å². The van der Waals surface area contributed by atoms with Gasteiger partial charge in [0.1, 0.15) is 0 Å². The molecule has 57 heavy (non-hydrogen) atoms. The molecule has 1 atom stereocenters. The van der Waals surface area contributed by atoms with Gasteiger partial charge in [0.2, 0.25) is 0 Å². The van der Waals surface area contributed by atoms with E-state index >= 15 is 0 Å². The maximum absolute atomic E-state index is 4.47. The fourth-order valence-electron chi connectivity index (χ4n) is 10.1. The fraction of sp³-hybridized carbons (Fsp3) is 0.0175. The quantitative estimate of drug-likeness (QED) is 0.150. The zero-order chi connectivity index (χ0) is 38.1. The lowest BCUT2D eigenvalue weighted by Crippen LogP contribution is -2.26. The Morgan fingerprint density at radius 1 is 0.316 bits per heavy atom. The van der Waals surface area contributed by atoms with Gasteiger partial charge in [-0.3, -0.25) is 0 Å². The molecule has 9 aromatic rings. The highest BCUT2D eigenvalue weighted by molar-refractivity contribution is 6.23. The maximum atomic E-state index is 4.47. The summed E-state index contributed by atoms with van der Waals surface area (Å²) in [4.78, 5) is 0. The summed E-state index contributed by atoms with van der Waals surface area (Å²) in [7, 11) is 0. The molecule has 0 heterocycles. The Morgan fingerprint density at radius 2 is 0.737 bits per heavy atom. The van der Waals surface area contributed by atoms with Crippen LogP contribution >= 0.6 is 0 Å². The molecule has 0 aliphatic heterocycles. The summed E-state index contributed by atoms with van der Waals surface area (Å²) in [5.74, 6) is 0. The molecule has 0 bridgehead atoms. The number of hydrogen-bond donors (Lipinski definition) is 0. The number of allylic oxidation sites excluding steroid dienone is 4. The van der Waals surface area contributed by atoms with E-state index in [9.17, 15) is 0 Å². The van der Waals surface area contributed by atoms with Crippen molar-refractivity contribution in [2.75, 3.05) is 0 Å². The second-order valence-electron chi connectivity index (χ2n) is 15.2. The lowest BCUT2D eigenvalue weighted by atomic mass is 9.69. The molecule has 2 aliphatic carbocycles. The molecule has 266 valence electrons. The van der Waals surface area contributed by atoms with Crippen LogP contribution in [0.15, 0.2) is 225 Å². The third kappa shape index (κ3) is 4.74. The highest BCUT2D eigenvalue weighted by Gasteiger charge is 2.51. The first kappa shape index (κ1) is 33.1. The van der Waals surface area contributed by atoms with Crippen LogP contribution in [-0.2, 0) is 5.41 Å². The standard InChI is InChI=1S/C57H38/c1-3-43-44-21-13-15-25-52(44)57(51(43)4-2)53-26-16-14-22-45(53)48-35-49-50(36-54(48)57)56(42-33-29-40(30-34-42)38-19-9-6-10-20-38)47-24-12-11-23-46(47)55(49)41-31-27-39(28-32-41)37-17-7-5-8-18-37/h3-36H,1-2H2. The van der Waals surface area contributed by atoms with E-state index < -0.39 is 5.41 Å². The van der Waals surface area contributed by atoms with Crippen molar-refractivity contribution in [1.29, 1.82) is 0 Å². The van der Waals surface area contributed by atoms with Crippen LogP contribution in [0.2, 0.25) is 0 Å². The molecule has 0 aromatic heterocycles. The minimum Gasteiger partial charge on any atom is -0.0987 e. The summed E-state index contributed by atoms with van der Waals surface area (Å²) in [6.45, 7) is 8.81. The summed E-state index contributed by atoms with van der Waals surface area (Å²) in [5.41, 5.74) is 19.2. The zero-order valence-corrected chi connectivity index (χ0v) is 31.5. The van der Waals surface area contributed by atoms with Crippen molar-refractivity contribution in [3.63, 3.8) is 0 Å². The highest BCUT2D eigenvalue weighted by Crippen LogP contribution is 2.63. The predicted octanol–water partition coefficient (Wildman–Crippen LogP) is 15.1. The molecular formula is C57H38. The topological polar surface area (TPSA) is 0 Å². The van der Waals surface area contributed by atoms with Gasteiger partial charge in [-0.2, -0.15) is 0 Å². The Kier molecular flexibility index (Phi) is 7.49. The molecule has 0 nitrogen and oxygen atoms in total. The molecule has 2 aliphatic rings. The number of hydrogen-bond acceptors (Lipinski definition) is 0. The minimum atomic E-state index is -0.528. The monoisotopic (exact) mass is 722 g/mol. The first-order valence-electron chi connectivity index (χ1n) is 19.7. The van der Waals surface area contributed by atoms with Crippen molar-refractivity contribution >= 4 is 27.1 Å². The van der Waals surface area contributed by atoms with E-state index in [0.717, 1.165) is 5.57 Å². The molecule has 0 radical (unpaired) electrons. The number of benzene rings is 9. The Bertz CT molecular complexity index is 3110. The molecule has 1 spiro atoms. The smallest absolute Gasteiger partial charge is 0.0725 e. The highest BCUT2D eigenvalue weighted by atomic mass is 14.5. The molecule has 0 fully saturated rings. The van der Waals surface area contributed by atoms with Gasteiger partial charge in [-0.1, -0.05) is 207 Å². The van der Waals surface area contributed by atoms with Gasteiger partial charge in [0.25, 0.3) is 0 Å². The van der Waals surface area contributed by atoms with Crippen molar-refractivity contribution in [2.45, 2.75) is 5.41 Å². The summed E-state index contributed by atoms with van der Waals surface area (Å²) in [5, 5.41) is 4.96. The molecule has 0 heteroatoms. The van der Waals surface area contributed by atoms with Crippen molar-refractivity contribution < 1.29 is 0 Å². The zero-order valence-electron chi connectivity index (χ0n) is 31.5. The van der Waals surface area contributed by atoms with Gasteiger partial charge in [-0.15, -0.1) is 0 Å². The molecule has 9 aromatic carbocycles. The average molecular weight is 723 g/mol. The van der Waals surface area contributed by atoms with Crippen molar-refractivity contribution in [3.8, 4) is 55.6 Å². The summed E-state index contributed by atoms with van der Waals surface area (Å²) >= 11 is 0. The van der Waals surface area contributed by atoms with E-state index in [-0.39, 0.29) is 0 Å². The Hall–Kier alpha value is -7.28. The largest absolute Gasteiger partial charge is 0.0987 e. The van der Waals surface area contributed by atoms with Gasteiger partial charge in [0, 0.05) is 0 Å². The Balaban J connectivity index is 1.26. The lowest BCUT2D eigenvalue weighted by Gasteiger charge is -2.32. The molecule has 1 unspecified atom stereocenters. The SMILES string of the molecule is C=CC1=C(C=C)C2(c3ccccc31)c1ccccc1-c1cc3c(-c4ccc(-c5ccccc5)cc4)c4ccccc4c(-c4ccc(-c5ccccc5)cc4)c3cc12. The molecular weight excluding hydrogens is 685 g/mol. The van der Waals surface area contributed by atoms with Gasteiger partial charge >= 0.3 is 0 Å². The van der Waals surface area contributed by atoms with Crippen molar-refractivity contribution in [3.05, 3.63) is 247 Å². The van der Waals surface area contributed by atoms with E-state index in [0.29, 0.717) is 0 Å². The number of rotatable bonds is 6. The second-order valence-corrected chi connectivity index (χ2v) is 15.2. The van der Waals surface area contributed by atoms with Crippen molar-refractivity contribution in [2.24, 2.45) is 0 Å². The predicted molar refractivity (Wildman–Crippen MR) is 242 cm³/mol. The molecule has 0 N–H and O–H groups in total. The minimum absolute atomic E-state index is 0.528. The third-order valence-electron chi connectivity index (χ3n) is 12.5. The van der Waals surface area contributed by atoms with Crippen LogP contribution in [0.1, 0.15) is 22.3 Å². The fourth-order valence-corrected chi connectivity index (χ4v) is 10.1. The van der Waals surface area contributed by atoms with Gasteiger partial charge in [-0.25, -0.2) is 0 Å². The normalized spacial score (nSPS) is 15.2. The van der Waals surface area contributed by atoms with E-state index in [1.807, 2.05) is 6.08 Å². The van der Waals surface area contributed by atoms with Crippen LogP contribution < -0.4 is 0 Å². The van der Waals surface area contributed by atoms with Crippen LogP contribution in [0.3, 0.4) is 0 Å². The Labute approximate surface area is 334 Å². The number of fused-ring (bicyclic) bond motifs is 9. The third-order valence-corrected chi connectivity index (χ3v) is 12.5. The van der Waals surface area contributed by atoms with Crippen LogP contribution in [0.25, 0.3) is 82.8 Å². The van der Waals surface area contributed by atoms with Gasteiger partial charge in [0.05, 0.1) is 5.41 Å². The van der Waals surface area contributed by atoms with Crippen LogP contribution in [0.5, 0.6) is 0 Å². The van der Waals surface area contributed by atoms with Gasteiger partial charge in [-0.05, 0) is 123 Å². The van der Waals surface area contributed by atoms with E-state index in [1.165, 1.54) is 105 Å². The molecule has 0 saturated carbocycles. The van der Waals surface area contributed by atoms with E-state index in [2.05, 4.69) is 213 Å². The first-order valence-corrected chi connectivity index (χ1v) is 19.7. The van der Waals surface area contributed by atoms with Crippen molar-refractivity contribution in [1.82, 2.24) is 0 Å². The summed E-state index contributed by atoms with van der Waals surface area (Å²) in [6, 6.07) is 71.5. The summed E-state index contributed by atoms with van der Waals surface area (Å²) in [6.07, 6.45) is 4.10. The van der Waals surface area contributed by atoms with Crippen LogP contribution in [0, 0.1) is 0 Å². The van der Waals surface area contributed by atoms with Crippen LogP contribution in [0.4, 0.5) is 0 Å². The lowest BCUT2D eigenvalue weighted by molar-refractivity contribution is 0.788. The van der Waals surface area contributed by atoms with Gasteiger partial charge in [0.15, 0.2) is 0 Å². The Morgan fingerprint density at radius 3 is 1.26 bits per heavy atom. The average Bonchev–Trinajstić information content (AvgIpc) is 3.74. The second kappa shape index (κ2) is 12.9. The van der Waals surface area contributed by atoms with Gasteiger partial charge < -0.3 is 0 Å². The first-order chi connectivity index (χ1) is 28.2. The molecule has 0 amide bonds. The summed E-state index contributed by atoms with van der Waals surface area (Å²) < 4.78 is 0. The maximum Gasteiger partial charge on any atom is 0.0725 e. The van der Waals surface area contributed by atoms with Crippen LogP contribution in [-0.4, -0.2) is 0 Å².